The SMILES string of the molecule is COc1ccc2c(c1)[C@]1(C[C@H]1c1cccc3c1c(Nc1ncncc1Cl)nn3C(=O)OC(C)(C)C)C(=O)N2C(=O)OC(C)(C)C. The maximum Gasteiger partial charge on any atom is 0.435 e. The van der Waals surface area contributed by atoms with Crippen LogP contribution in [0.25, 0.3) is 10.9 Å². The van der Waals surface area contributed by atoms with Crippen molar-refractivity contribution in [2.24, 2.45) is 0 Å². The number of carbonyl (C=O) groups is 3. The molecule has 2 aromatic carbocycles. The molecule has 2 aliphatic rings. The van der Waals surface area contributed by atoms with E-state index in [0.717, 1.165) is 10.5 Å². The lowest BCUT2D eigenvalue weighted by atomic mass is 9.90. The quantitative estimate of drug-likeness (QED) is 0.258. The maximum atomic E-state index is 14.3. The van der Waals surface area contributed by atoms with Crippen LogP contribution >= 0.6 is 11.6 Å². The Bertz CT molecular complexity index is 1880. The number of ether oxygens (including phenoxy) is 3. The molecule has 1 spiro atoms. The van der Waals surface area contributed by atoms with Crippen LogP contribution in [0.2, 0.25) is 5.02 Å². The van der Waals surface area contributed by atoms with Gasteiger partial charge in [0.1, 0.15) is 28.3 Å². The molecule has 4 aromatic rings. The number of nitrogens with one attached hydrogen (secondary N) is 1. The van der Waals surface area contributed by atoms with Crippen LogP contribution in [0.5, 0.6) is 5.75 Å². The number of rotatable bonds is 4. The number of methoxy groups -OCH3 is 1. The van der Waals surface area contributed by atoms with Gasteiger partial charge in [0.15, 0.2) is 11.6 Å². The molecule has 0 unspecified atom stereocenters. The molecule has 1 fully saturated rings. The van der Waals surface area contributed by atoms with Gasteiger partial charge in [0.05, 0.1) is 29.9 Å². The fraction of sp³-hybridized carbons (Fsp3) is 0.375. The van der Waals surface area contributed by atoms with Gasteiger partial charge >= 0.3 is 12.2 Å². The Morgan fingerprint density at radius 3 is 2.40 bits per heavy atom. The van der Waals surface area contributed by atoms with E-state index in [1.165, 1.54) is 17.2 Å². The molecule has 0 bridgehead atoms. The van der Waals surface area contributed by atoms with E-state index in [2.05, 4.69) is 20.4 Å². The number of benzene rings is 2. The lowest BCUT2D eigenvalue weighted by Gasteiger charge is -2.24. The second kappa shape index (κ2) is 10.4. The Hall–Kier alpha value is -4.71. The summed E-state index contributed by atoms with van der Waals surface area (Å²) in [6, 6.07) is 10.6. The van der Waals surface area contributed by atoms with Crippen LogP contribution in [-0.2, 0) is 19.7 Å². The first-order chi connectivity index (χ1) is 21.1. The lowest BCUT2D eigenvalue weighted by Crippen LogP contribution is -2.41. The Kier molecular flexibility index (Phi) is 7.03. The zero-order valence-corrected chi connectivity index (χ0v) is 26.7. The summed E-state index contributed by atoms with van der Waals surface area (Å²) >= 11 is 6.37. The second-order valence-corrected chi connectivity index (χ2v) is 13.5. The molecule has 6 rings (SSSR count). The Balaban J connectivity index is 1.51. The van der Waals surface area contributed by atoms with Crippen LogP contribution in [0.3, 0.4) is 0 Å². The molecule has 2 atom stereocenters. The van der Waals surface area contributed by atoms with E-state index in [9.17, 15) is 14.4 Å². The highest BCUT2D eigenvalue weighted by Crippen LogP contribution is 2.67. The van der Waals surface area contributed by atoms with Gasteiger partial charge in [-0.1, -0.05) is 23.7 Å². The van der Waals surface area contributed by atoms with E-state index in [-0.39, 0.29) is 22.6 Å². The number of amides is 2. The van der Waals surface area contributed by atoms with Gasteiger partial charge in [0.25, 0.3) is 0 Å². The molecule has 12 nitrogen and oxygen atoms in total. The van der Waals surface area contributed by atoms with Crippen LogP contribution in [0.1, 0.15) is 65.0 Å². The van der Waals surface area contributed by atoms with Crippen LogP contribution in [-0.4, -0.2) is 56.2 Å². The zero-order valence-electron chi connectivity index (χ0n) is 26.0. The number of imide groups is 1. The summed E-state index contributed by atoms with van der Waals surface area (Å²) in [5.41, 5.74) is -0.366. The zero-order chi connectivity index (χ0) is 32.5. The Morgan fingerprint density at radius 2 is 1.73 bits per heavy atom. The minimum atomic E-state index is -1.08. The van der Waals surface area contributed by atoms with Gasteiger partial charge in [0, 0.05) is 11.3 Å². The summed E-state index contributed by atoms with van der Waals surface area (Å²) in [4.78, 5) is 50.3. The van der Waals surface area contributed by atoms with Crippen LogP contribution in [0, 0.1) is 0 Å². The average molecular weight is 633 g/mol. The fourth-order valence-corrected chi connectivity index (χ4v) is 5.97. The number of hydrogen-bond acceptors (Lipinski definition) is 10. The Morgan fingerprint density at radius 1 is 1.02 bits per heavy atom. The highest BCUT2D eigenvalue weighted by Gasteiger charge is 2.69. The molecule has 3 heterocycles. The molecule has 0 radical (unpaired) electrons. The molecule has 13 heteroatoms. The van der Waals surface area contributed by atoms with Crippen molar-refractivity contribution >= 4 is 57.9 Å². The monoisotopic (exact) mass is 632 g/mol. The van der Waals surface area contributed by atoms with Crippen molar-refractivity contribution < 1.29 is 28.6 Å². The van der Waals surface area contributed by atoms with Crippen molar-refractivity contribution in [3.8, 4) is 5.75 Å². The van der Waals surface area contributed by atoms with Gasteiger partial charge in [0.2, 0.25) is 5.91 Å². The molecule has 1 saturated carbocycles. The van der Waals surface area contributed by atoms with E-state index >= 15 is 0 Å². The van der Waals surface area contributed by atoms with E-state index in [4.69, 9.17) is 25.8 Å². The fourth-order valence-electron chi connectivity index (χ4n) is 5.81. The molecule has 2 amide bonds. The van der Waals surface area contributed by atoms with Crippen LogP contribution < -0.4 is 15.0 Å². The summed E-state index contributed by atoms with van der Waals surface area (Å²) in [5, 5.41) is 8.56. The largest absolute Gasteiger partial charge is 0.497 e. The van der Waals surface area contributed by atoms with E-state index in [1.54, 1.807) is 79.0 Å². The maximum absolute atomic E-state index is 14.3. The molecule has 45 heavy (non-hydrogen) atoms. The van der Waals surface area contributed by atoms with Gasteiger partial charge in [-0.15, -0.1) is 5.10 Å². The predicted molar refractivity (Wildman–Crippen MR) is 167 cm³/mol. The molecule has 234 valence electrons. The summed E-state index contributed by atoms with van der Waals surface area (Å²) in [7, 11) is 1.54. The first-order valence-corrected chi connectivity index (χ1v) is 14.8. The minimum Gasteiger partial charge on any atom is -0.497 e. The van der Waals surface area contributed by atoms with E-state index in [1.807, 2.05) is 6.07 Å². The third-order valence-corrected chi connectivity index (χ3v) is 7.91. The Labute approximate surface area is 264 Å². The van der Waals surface area contributed by atoms with Gasteiger partial charge in [-0.05, 0) is 83.4 Å². The van der Waals surface area contributed by atoms with Crippen molar-refractivity contribution in [3.63, 3.8) is 0 Å². The number of fused-ring (bicyclic) bond motifs is 3. The normalized spacial score (nSPS) is 19.1. The van der Waals surface area contributed by atoms with Gasteiger partial charge < -0.3 is 19.5 Å². The lowest BCUT2D eigenvalue weighted by molar-refractivity contribution is -0.120. The molecular formula is C32H33ClN6O6. The van der Waals surface area contributed by atoms with Crippen molar-refractivity contribution in [1.29, 1.82) is 0 Å². The van der Waals surface area contributed by atoms with Gasteiger partial charge in [-0.25, -0.2) is 24.5 Å². The summed E-state index contributed by atoms with van der Waals surface area (Å²) in [6.45, 7) is 10.5. The molecule has 1 aliphatic heterocycles. The average Bonchev–Trinajstić information content (AvgIpc) is 3.52. The van der Waals surface area contributed by atoms with Crippen molar-refractivity contribution in [3.05, 3.63) is 65.1 Å². The first-order valence-electron chi connectivity index (χ1n) is 14.4. The number of aromatic nitrogens is 4. The number of carbonyl (C=O) groups excluding carboxylic acids is 3. The topological polar surface area (TPSA) is 138 Å². The predicted octanol–water partition coefficient (Wildman–Crippen LogP) is 6.72. The van der Waals surface area contributed by atoms with Gasteiger partial charge in [-0.3, -0.25) is 4.79 Å². The van der Waals surface area contributed by atoms with Crippen LogP contribution in [0.15, 0.2) is 48.9 Å². The van der Waals surface area contributed by atoms with Gasteiger partial charge in [-0.2, -0.15) is 4.68 Å². The number of nitrogens with zero attached hydrogens (tertiary/aromatic N) is 5. The highest BCUT2D eigenvalue weighted by atomic mass is 35.5. The number of halogens is 1. The molecule has 1 N–H and O–H groups in total. The summed E-state index contributed by atoms with van der Waals surface area (Å²) < 4.78 is 18.0. The third kappa shape index (κ3) is 5.22. The molecule has 2 aromatic heterocycles. The second-order valence-electron chi connectivity index (χ2n) is 13.1. The van der Waals surface area contributed by atoms with Crippen molar-refractivity contribution in [2.45, 2.75) is 70.5 Å². The first kappa shape index (κ1) is 30.3. The third-order valence-electron chi connectivity index (χ3n) is 7.63. The minimum absolute atomic E-state index is 0.248. The van der Waals surface area contributed by atoms with E-state index in [0.29, 0.717) is 34.3 Å². The summed E-state index contributed by atoms with van der Waals surface area (Å²) in [6.07, 6.45) is 1.74. The molecule has 0 saturated heterocycles. The van der Waals surface area contributed by atoms with E-state index < -0.39 is 34.7 Å². The smallest absolute Gasteiger partial charge is 0.435 e. The van der Waals surface area contributed by atoms with Crippen LogP contribution in [0.4, 0.5) is 26.9 Å². The van der Waals surface area contributed by atoms with Crippen molar-refractivity contribution in [1.82, 2.24) is 19.7 Å². The standard InChI is InChI=1S/C32H33ClN6O6/c1-30(2,3)44-28(41)38-22-12-11-17(43-7)13-19(22)32(27(38)40)14-20(32)18-9-8-10-23-24(18)26(36-25-21(33)15-34-16-35-25)37-39(23)29(42)45-31(4,5)6/h8-13,15-16,20H,14H2,1-7H3,(H,34,35,36,37)/t20-,32-/m0/s1. The number of hydrogen-bond donors (Lipinski definition) is 1. The molecule has 1 aliphatic carbocycles. The summed E-state index contributed by atoms with van der Waals surface area (Å²) in [5.74, 6) is 0.342. The van der Waals surface area contributed by atoms with Crippen molar-refractivity contribution in [2.75, 3.05) is 17.3 Å². The molecular weight excluding hydrogens is 600 g/mol. The highest BCUT2D eigenvalue weighted by molar-refractivity contribution is 6.33. The number of anilines is 3.